The number of alkyl halides is 3. The molecule has 0 aliphatic rings. The van der Waals surface area contributed by atoms with E-state index in [1.54, 1.807) is 0 Å². The summed E-state index contributed by atoms with van der Waals surface area (Å²) in [6.45, 7) is 0. The second-order valence-electron chi connectivity index (χ2n) is 3.03. The van der Waals surface area contributed by atoms with Crippen LogP contribution in [0.1, 0.15) is 0 Å². The third-order valence-corrected chi connectivity index (χ3v) is 2.16. The van der Waals surface area contributed by atoms with Crippen molar-refractivity contribution in [3.63, 3.8) is 0 Å². The number of anilines is 1. The molecule has 0 unspecified atom stereocenters. The molecule has 0 aliphatic carbocycles. The summed E-state index contributed by atoms with van der Waals surface area (Å²) in [5.41, 5.74) is 0.531. The van der Waals surface area contributed by atoms with Crippen LogP contribution in [0.15, 0.2) is 29.3 Å². The number of nitro benzene ring substituents is 1. The Bertz CT molecular complexity index is 485. The summed E-state index contributed by atoms with van der Waals surface area (Å²) in [5, 5.41) is 13.2. The molecule has 0 spiro atoms. The van der Waals surface area contributed by atoms with Crippen LogP contribution >= 0.6 is 47.0 Å². The van der Waals surface area contributed by atoms with Crippen LogP contribution in [0.2, 0.25) is 0 Å². The van der Waals surface area contributed by atoms with Crippen molar-refractivity contribution in [2.24, 2.45) is 4.99 Å². The molecule has 1 aromatic carbocycles. The summed E-state index contributed by atoms with van der Waals surface area (Å²) in [5.74, 6) is 0. The fourth-order valence-electron chi connectivity index (χ4n) is 0.954. The summed E-state index contributed by atoms with van der Waals surface area (Å²) in [6.07, 6.45) is 1.05. The van der Waals surface area contributed by atoms with Crippen LogP contribution in [-0.4, -0.2) is 20.0 Å². The van der Waals surface area contributed by atoms with E-state index in [0.29, 0.717) is 5.69 Å². The minimum absolute atomic E-state index is 0.0174. The molecule has 0 saturated carbocycles. The monoisotopic (exact) mass is 325 g/mol. The summed E-state index contributed by atoms with van der Waals surface area (Å²) in [6, 6.07) is 5.66. The summed E-state index contributed by atoms with van der Waals surface area (Å²) >= 11 is 21.2. The Morgan fingerprint density at radius 2 is 1.94 bits per heavy atom. The summed E-state index contributed by atoms with van der Waals surface area (Å²) in [7, 11) is 0. The van der Waals surface area contributed by atoms with Gasteiger partial charge >= 0.3 is 0 Å². The second kappa shape index (κ2) is 6.29. The number of nitrogens with one attached hydrogen (secondary N) is 1. The van der Waals surface area contributed by atoms with Gasteiger partial charge in [-0.05, 0) is 24.4 Å². The molecule has 18 heavy (non-hydrogen) atoms. The topological polar surface area (TPSA) is 67.5 Å². The standard InChI is InChI=1S/C9H6Cl3N3O2S/c10-9(11,12)5-13-8(18)14-6-1-3-7(4-2-6)15(16)17/h1-5H,(H,14,18)/b13-5-. The predicted octanol–water partition coefficient (Wildman–Crippen LogP) is 3.73. The number of nitrogens with zero attached hydrogens (tertiary/aromatic N) is 2. The van der Waals surface area contributed by atoms with Crippen molar-refractivity contribution in [3.8, 4) is 0 Å². The fourth-order valence-corrected chi connectivity index (χ4v) is 1.27. The van der Waals surface area contributed by atoms with Gasteiger partial charge in [0, 0.05) is 17.8 Å². The smallest absolute Gasteiger partial charge is 0.269 e. The van der Waals surface area contributed by atoms with Crippen molar-refractivity contribution in [1.29, 1.82) is 0 Å². The van der Waals surface area contributed by atoms with Gasteiger partial charge in [-0.25, -0.2) is 4.99 Å². The molecule has 1 aromatic rings. The van der Waals surface area contributed by atoms with Gasteiger partial charge in [-0.15, -0.1) is 0 Å². The van der Waals surface area contributed by atoms with E-state index in [9.17, 15) is 10.1 Å². The van der Waals surface area contributed by atoms with E-state index in [0.717, 1.165) is 6.21 Å². The van der Waals surface area contributed by atoms with Gasteiger partial charge in [0.25, 0.3) is 5.69 Å². The lowest BCUT2D eigenvalue weighted by Gasteiger charge is -2.05. The molecule has 0 aliphatic heterocycles. The van der Waals surface area contributed by atoms with Crippen LogP contribution in [0.5, 0.6) is 0 Å². The zero-order valence-corrected chi connectivity index (χ0v) is 11.7. The van der Waals surface area contributed by atoms with Gasteiger partial charge in [0.15, 0.2) is 5.11 Å². The van der Waals surface area contributed by atoms with Crippen molar-refractivity contribution in [2.75, 3.05) is 5.32 Å². The third-order valence-electron chi connectivity index (χ3n) is 1.66. The molecule has 0 saturated heterocycles. The maximum absolute atomic E-state index is 10.4. The molecule has 9 heteroatoms. The van der Waals surface area contributed by atoms with Crippen LogP contribution in [0, 0.1) is 10.1 Å². The predicted molar refractivity (Wildman–Crippen MR) is 78.1 cm³/mol. The van der Waals surface area contributed by atoms with Gasteiger partial charge in [-0.3, -0.25) is 10.1 Å². The Morgan fingerprint density at radius 3 is 2.39 bits per heavy atom. The molecule has 0 bridgehead atoms. The van der Waals surface area contributed by atoms with E-state index in [1.807, 2.05) is 0 Å². The fraction of sp³-hybridized carbons (Fsp3) is 0.111. The van der Waals surface area contributed by atoms with E-state index in [1.165, 1.54) is 24.3 Å². The van der Waals surface area contributed by atoms with Crippen LogP contribution in [0.25, 0.3) is 0 Å². The number of hydrogen-bond acceptors (Lipinski definition) is 3. The van der Waals surface area contributed by atoms with Crippen molar-refractivity contribution >= 4 is 69.7 Å². The van der Waals surface area contributed by atoms with Gasteiger partial charge < -0.3 is 5.32 Å². The van der Waals surface area contributed by atoms with Crippen molar-refractivity contribution < 1.29 is 4.92 Å². The maximum atomic E-state index is 10.4. The molecule has 5 nitrogen and oxygen atoms in total. The highest BCUT2D eigenvalue weighted by atomic mass is 35.6. The van der Waals surface area contributed by atoms with E-state index in [-0.39, 0.29) is 10.8 Å². The molecule has 0 fully saturated rings. The summed E-state index contributed by atoms with van der Waals surface area (Å²) < 4.78 is -1.62. The lowest BCUT2D eigenvalue weighted by atomic mass is 10.3. The minimum atomic E-state index is -1.62. The second-order valence-corrected chi connectivity index (χ2v) is 5.79. The molecular formula is C9H6Cl3N3O2S. The minimum Gasteiger partial charge on any atom is -0.331 e. The van der Waals surface area contributed by atoms with Gasteiger partial charge in [0.1, 0.15) is 0 Å². The Kier molecular flexibility index (Phi) is 5.28. The number of benzene rings is 1. The first-order valence-electron chi connectivity index (χ1n) is 4.45. The first-order chi connectivity index (χ1) is 8.28. The van der Waals surface area contributed by atoms with Crippen LogP contribution in [0.3, 0.4) is 0 Å². The quantitative estimate of drug-likeness (QED) is 0.296. The number of hydrogen-bond donors (Lipinski definition) is 1. The Balaban J connectivity index is 2.65. The molecule has 0 atom stereocenters. The number of thiocarbonyl (C=S) groups is 1. The molecule has 0 heterocycles. The lowest BCUT2D eigenvalue weighted by molar-refractivity contribution is -0.384. The average Bonchev–Trinajstić information content (AvgIpc) is 2.26. The Hall–Kier alpha value is -0.950. The number of halogens is 3. The highest BCUT2D eigenvalue weighted by molar-refractivity contribution is 7.80. The van der Waals surface area contributed by atoms with Gasteiger partial charge in [0.05, 0.1) is 11.1 Å². The number of nitro groups is 1. The zero-order valence-electron chi connectivity index (χ0n) is 8.64. The van der Waals surface area contributed by atoms with E-state index in [2.05, 4.69) is 10.3 Å². The Labute approximate surface area is 123 Å². The molecular weight excluding hydrogens is 321 g/mol. The highest BCUT2D eigenvalue weighted by Gasteiger charge is 2.15. The molecule has 96 valence electrons. The number of non-ortho nitro benzene ring substituents is 1. The average molecular weight is 327 g/mol. The zero-order chi connectivity index (χ0) is 13.8. The molecule has 0 aromatic heterocycles. The number of aliphatic imine (C=N–C) groups is 1. The van der Waals surface area contributed by atoms with Gasteiger partial charge in [0.2, 0.25) is 3.79 Å². The normalized spacial score (nSPS) is 11.5. The van der Waals surface area contributed by atoms with Crippen molar-refractivity contribution in [1.82, 2.24) is 0 Å². The van der Waals surface area contributed by atoms with Crippen molar-refractivity contribution in [3.05, 3.63) is 34.4 Å². The summed E-state index contributed by atoms with van der Waals surface area (Å²) in [4.78, 5) is 13.7. The van der Waals surface area contributed by atoms with Gasteiger partial charge in [-0.2, -0.15) is 0 Å². The first kappa shape index (κ1) is 15.1. The van der Waals surface area contributed by atoms with Crippen LogP contribution < -0.4 is 5.32 Å². The number of rotatable bonds is 2. The highest BCUT2D eigenvalue weighted by Crippen LogP contribution is 2.23. The van der Waals surface area contributed by atoms with Gasteiger partial charge in [-0.1, -0.05) is 34.8 Å². The lowest BCUT2D eigenvalue weighted by Crippen LogP contribution is -2.10. The Morgan fingerprint density at radius 1 is 1.39 bits per heavy atom. The molecule has 0 amide bonds. The largest absolute Gasteiger partial charge is 0.331 e. The third kappa shape index (κ3) is 5.59. The van der Waals surface area contributed by atoms with E-state index in [4.69, 9.17) is 47.0 Å². The SMILES string of the molecule is O=[N+]([O-])c1ccc(NC(=S)/N=C\C(Cl)(Cl)Cl)cc1. The molecule has 1 rings (SSSR count). The first-order valence-corrected chi connectivity index (χ1v) is 5.99. The molecule has 1 N–H and O–H groups in total. The van der Waals surface area contributed by atoms with Crippen LogP contribution in [0.4, 0.5) is 11.4 Å². The molecule has 0 radical (unpaired) electrons. The van der Waals surface area contributed by atoms with Crippen LogP contribution in [-0.2, 0) is 0 Å². The van der Waals surface area contributed by atoms with E-state index < -0.39 is 8.72 Å². The van der Waals surface area contributed by atoms with Crippen molar-refractivity contribution in [2.45, 2.75) is 3.79 Å². The maximum Gasteiger partial charge on any atom is 0.269 e. The van der Waals surface area contributed by atoms with E-state index >= 15 is 0 Å².